The maximum Gasteiger partial charge on any atom is 0.252 e. The van der Waals surface area contributed by atoms with E-state index in [0.29, 0.717) is 6.42 Å². The smallest absolute Gasteiger partial charge is 0.252 e. The predicted molar refractivity (Wildman–Crippen MR) is 50.5 cm³/mol. The zero-order chi connectivity index (χ0) is 11.0. The van der Waals surface area contributed by atoms with Gasteiger partial charge in [0.2, 0.25) is 0 Å². The highest BCUT2D eigenvalue weighted by atomic mass is 19.3. The third kappa shape index (κ3) is 2.11. The van der Waals surface area contributed by atoms with Gasteiger partial charge in [-0.2, -0.15) is 0 Å². The molecule has 0 aromatic rings. The van der Waals surface area contributed by atoms with Crippen LogP contribution in [0.1, 0.15) is 40.0 Å². The number of rotatable bonds is 4. The lowest BCUT2D eigenvalue weighted by atomic mass is 9.69. The van der Waals surface area contributed by atoms with Gasteiger partial charge in [0, 0.05) is 25.3 Å². The number of carbonyl (C=O) groups is 1. The van der Waals surface area contributed by atoms with Crippen molar-refractivity contribution >= 4 is 5.78 Å². The summed E-state index contributed by atoms with van der Waals surface area (Å²) in [6.45, 7) is 5.44. The van der Waals surface area contributed by atoms with Gasteiger partial charge in [0.25, 0.3) is 5.92 Å². The van der Waals surface area contributed by atoms with Crippen LogP contribution in [0.25, 0.3) is 0 Å². The van der Waals surface area contributed by atoms with Crippen LogP contribution in [0, 0.1) is 0 Å². The van der Waals surface area contributed by atoms with Gasteiger partial charge in [-0.25, -0.2) is 8.78 Å². The molecule has 0 atom stereocenters. The molecule has 0 bridgehead atoms. The van der Waals surface area contributed by atoms with Crippen molar-refractivity contribution in [2.24, 2.45) is 0 Å². The molecule has 0 unspecified atom stereocenters. The van der Waals surface area contributed by atoms with E-state index in [-0.39, 0.29) is 24.7 Å². The molecule has 0 amide bonds. The second-order valence-electron chi connectivity index (χ2n) is 4.37. The first-order valence-electron chi connectivity index (χ1n) is 5.00. The van der Waals surface area contributed by atoms with Gasteiger partial charge in [0.15, 0.2) is 5.78 Å². The minimum Gasteiger partial charge on any atom is -0.302 e. The molecular weight excluding hydrogens is 188 g/mol. The first-order chi connectivity index (χ1) is 6.31. The van der Waals surface area contributed by atoms with Crippen molar-refractivity contribution in [3.63, 3.8) is 0 Å². The van der Waals surface area contributed by atoms with Crippen molar-refractivity contribution in [3.8, 4) is 0 Å². The van der Waals surface area contributed by atoms with Crippen molar-refractivity contribution in [1.82, 2.24) is 5.32 Å². The summed E-state index contributed by atoms with van der Waals surface area (Å²) >= 11 is 0. The molecule has 82 valence electrons. The number of Topliss-reactive ketones (excluding diaryl/α,β-unsaturated/α-hetero) is 1. The molecule has 1 N–H and O–H groups in total. The molecular formula is C10H17F2NO. The van der Waals surface area contributed by atoms with Crippen LogP contribution in [-0.4, -0.2) is 23.3 Å². The number of carbonyl (C=O) groups excluding carboxylic acids is 1. The van der Waals surface area contributed by atoms with Gasteiger partial charge < -0.3 is 5.32 Å². The Kier molecular flexibility index (Phi) is 2.95. The van der Waals surface area contributed by atoms with E-state index in [4.69, 9.17) is 0 Å². The van der Waals surface area contributed by atoms with Crippen LogP contribution in [0.2, 0.25) is 0 Å². The number of hydrogen-bond acceptors (Lipinski definition) is 2. The van der Waals surface area contributed by atoms with Gasteiger partial charge in [0.1, 0.15) is 0 Å². The Morgan fingerprint density at radius 1 is 1.43 bits per heavy atom. The monoisotopic (exact) mass is 205 g/mol. The molecule has 0 radical (unpaired) electrons. The SMILES string of the molecule is CCC(=O)C1(NC(C)C)CC(F)(F)C1. The molecule has 1 rings (SSSR count). The van der Waals surface area contributed by atoms with Crippen LogP contribution in [0.4, 0.5) is 8.78 Å². The highest BCUT2D eigenvalue weighted by Gasteiger charge is 2.59. The summed E-state index contributed by atoms with van der Waals surface area (Å²) in [7, 11) is 0. The van der Waals surface area contributed by atoms with Crippen molar-refractivity contribution in [2.75, 3.05) is 0 Å². The lowest BCUT2D eigenvalue weighted by molar-refractivity contribution is -0.161. The third-order valence-electron chi connectivity index (χ3n) is 2.54. The summed E-state index contributed by atoms with van der Waals surface area (Å²) in [5.74, 6) is -2.76. The Morgan fingerprint density at radius 3 is 2.21 bits per heavy atom. The molecule has 0 aliphatic heterocycles. The number of halogens is 2. The molecule has 1 aliphatic carbocycles. The summed E-state index contributed by atoms with van der Waals surface area (Å²) in [5, 5.41) is 2.97. The van der Waals surface area contributed by atoms with Gasteiger partial charge >= 0.3 is 0 Å². The molecule has 14 heavy (non-hydrogen) atoms. The Hall–Kier alpha value is -0.510. The fourth-order valence-corrected chi connectivity index (χ4v) is 2.10. The summed E-state index contributed by atoms with van der Waals surface area (Å²) in [6, 6.07) is 0.0570. The molecule has 4 heteroatoms. The van der Waals surface area contributed by atoms with Crippen LogP contribution in [-0.2, 0) is 4.79 Å². The minimum atomic E-state index is -2.66. The second kappa shape index (κ2) is 3.57. The predicted octanol–water partition coefficient (Wildman–Crippen LogP) is 2.13. The van der Waals surface area contributed by atoms with Crippen molar-refractivity contribution in [2.45, 2.75) is 57.5 Å². The summed E-state index contributed by atoms with van der Waals surface area (Å²) in [6.07, 6.45) is -0.370. The lowest BCUT2D eigenvalue weighted by Gasteiger charge is -2.47. The molecule has 0 saturated heterocycles. The minimum absolute atomic E-state index is 0.0570. The fourth-order valence-electron chi connectivity index (χ4n) is 2.10. The number of nitrogens with one attached hydrogen (secondary N) is 1. The van der Waals surface area contributed by atoms with Gasteiger partial charge in [-0.1, -0.05) is 6.92 Å². The molecule has 0 aromatic carbocycles. The van der Waals surface area contributed by atoms with E-state index in [9.17, 15) is 13.6 Å². The topological polar surface area (TPSA) is 29.1 Å². The standard InChI is InChI=1S/C10H17F2NO/c1-4-8(14)9(13-7(2)3)5-10(11,12)6-9/h7,13H,4-6H2,1-3H3. The molecule has 2 nitrogen and oxygen atoms in total. The largest absolute Gasteiger partial charge is 0.302 e. The highest BCUT2D eigenvalue weighted by Crippen LogP contribution is 2.46. The zero-order valence-electron chi connectivity index (χ0n) is 8.86. The fraction of sp³-hybridized carbons (Fsp3) is 0.900. The quantitative estimate of drug-likeness (QED) is 0.761. The number of hydrogen-bond donors (Lipinski definition) is 1. The Balaban J connectivity index is 2.70. The van der Waals surface area contributed by atoms with Crippen molar-refractivity contribution in [1.29, 1.82) is 0 Å². The highest BCUT2D eigenvalue weighted by molar-refractivity contribution is 5.89. The second-order valence-corrected chi connectivity index (χ2v) is 4.37. The van der Waals surface area contributed by atoms with E-state index in [1.165, 1.54) is 0 Å². The van der Waals surface area contributed by atoms with E-state index in [1.807, 2.05) is 13.8 Å². The van der Waals surface area contributed by atoms with Gasteiger partial charge in [-0.15, -0.1) is 0 Å². The van der Waals surface area contributed by atoms with Crippen molar-refractivity contribution in [3.05, 3.63) is 0 Å². The summed E-state index contributed by atoms with van der Waals surface area (Å²) < 4.78 is 25.6. The van der Waals surface area contributed by atoms with Crippen molar-refractivity contribution < 1.29 is 13.6 Å². The lowest BCUT2D eigenvalue weighted by Crippen LogP contribution is -2.66. The molecule has 1 fully saturated rings. The van der Waals surface area contributed by atoms with Crippen LogP contribution in [0.5, 0.6) is 0 Å². The molecule has 1 saturated carbocycles. The molecule has 0 aromatic heterocycles. The average molecular weight is 205 g/mol. The number of alkyl halides is 2. The summed E-state index contributed by atoms with van der Waals surface area (Å²) in [4.78, 5) is 11.5. The normalized spacial score (nSPS) is 23.3. The van der Waals surface area contributed by atoms with Crippen LogP contribution >= 0.6 is 0 Å². The molecule has 1 aliphatic rings. The maximum absolute atomic E-state index is 12.8. The average Bonchev–Trinajstić information content (AvgIpc) is 1.97. The van der Waals surface area contributed by atoms with Gasteiger partial charge in [-0.3, -0.25) is 4.79 Å². The van der Waals surface area contributed by atoms with Gasteiger partial charge in [0.05, 0.1) is 5.54 Å². The van der Waals surface area contributed by atoms with Crippen LogP contribution in [0.3, 0.4) is 0 Å². The Morgan fingerprint density at radius 2 is 1.93 bits per heavy atom. The first kappa shape index (κ1) is 11.6. The van der Waals surface area contributed by atoms with E-state index in [1.54, 1.807) is 6.92 Å². The Labute approximate surface area is 83.1 Å². The van der Waals surface area contributed by atoms with Crippen LogP contribution in [0.15, 0.2) is 0 Å². The number of ketones is 1. The van der Waals surface area contributed by atoms with E-state index in [2.05, 4.69) is 5.32 Å². The first-order valence-corrected chi connectivity index (χ1v) is 5.00. The van der Waals surface area contributed by atoms with Crippen LogP contribution < -0.4 is 5.32 Å². The third-order valence-corrected chi connectivity index (χ3v) is 2.54. The maximum atomic E-state index is 12.8. The van der Waals surface area contributed by atoms with Gasteiger partial charge in [-0.05, 0) is 13.8 Å². The molecule has 0 spiro atoms. The summed E-state index contributed by atoms with van der Waals surface area (Å²) in [5.41, 5.74) is -0.952. The van der Waals surface area contributed by atoms with E-state index < -0.39 is 11.5 Å². The van der Waals surface area contributed by atoms with E-state index >= 15 is 0 Å². The van der Waals surface area contributed by atoms with E-state index in [0.717, 1.165) is 0 Å². The molecule has 0 heterocycles. The zero-order valence-corrected chi connectivity index (χ0v) is 8.86. The Bertz CT molecular complexity index is 225.